The third kappa shape index (κ3) is 2.45. The Morgan fingerprint density at radius 3 is 2.56 bits per heavy atom. The number of ether oxygens (including phenoxy) is 1. The Kier molecular flexibility index (Phi) is 4.06. The van der Waals surface area contributed by atoms with Gasteiger partial charge in [0.2, 0.25) is 0 Å². The first-order valence-corrected chi connectivity index (χ1v) is 2.93. The van der Waals surface area contributed by atoms with Gasteiger partial charge in [-0.2, -0.15) is 0 Å². The van der Waals surface area contributed by atoms with Crippen molar-refractivity contribution in [1.82, 2.24) is 0 Å². The summed E-state index contributed by atoms with van der Waals surface area (Å²) in [4.78, 5) is 10.5. The summed E-state index contributed by atoms with van der Waals surface area (Å²) in [6, 6.07) is 0. The first kappa shape index (κ1) is 9.11. The molecule has 1 aliphatic heterocycles. The molecule has 0 radical (unpaired) electrons. The fraction of sp³-hybridized carbons (Fsp3) is 0.833. The van der Waals surface area contributed by atoms with E-state index in [0.29, 0.717) is 0 Å². The molecule has 0 spiro atoms. The molecule has 1 atom stereocenters. The predicted octanol–water partition coefficient (Wildman–Crippen LogP) is 1.33. The molecular formula is C6H11BrO2. The minimum atomic E-state index is -0.0741. The Morgan fingerprint density at radius 2 is 2.33 bits per heavy atom. The van der Waals surface area contributed by atoms with Crippen LogP contribution in [-0.4, -0.2) is 18.5 Å². The third-order valence-electron chi connectivity index (χ3n) is 1.38. The maximum Gasteiger partial charge on any atom is 0.158 e. The first-order chi connectivity index (χ1) is 3.80. The van der Waals surface area contributed by atoms with Gasteiger partial charge in [-0.1, -0.05) is 0 Å². The van der Waals surface area contributed by atoms with E-state index in [0.717, 1.165) is 19.4 Å². The molecule has 0 bridgehead atoms. The van der Waals surface area contributed by atoms with E-state index < -0.39 is 0 Å². The third-order valence-corrected chi connectivity index (χ3v) is 1.38. The second-order valence-electron chi connectivity index (χ2n) is 2.11. The van der Waals surface area contributed by atoms with Crippen LogP contribution in [0.15, 0.2) is 0 Å². The van der Waals surface area contributed by atoms with Crippen molar-refractivity contribution < 1.29 is 9.53 Å². The minimum absolute atomic E-state index is 0. The fourth-order valence-corrected chi connectivity index (χ4v) is 0.898. The lowest BCUT2D eigenvalue weighted by atomic mass is 10.2. The van der Waals surface area contributed by atoms with Gasteiger partial charge in [-0.15, -0.1) is 17.0 Å². The summed E-state index contributed by atoms with van der Waals surface area (Å²) in [6.45, 7) is 2.35. The zero-order valence-corrected chi connectivity index (χ0v) is 7.14. The number of Topliss-reactive ketones (excluding diaryl/α,β-unsaturated/α-hetero) is 1. The van der Waals surface area contributed by atoms with Gasteiger partial charge < -0.3 is 4.74 Å². The number of hydrogen-bond donors (Lipinski definition) is 0. The Hall–Kier alpha value is 0.110. The predicted molar refractivity (Wildman–Crippen MR) is 40.0 cm³/mol. The van der Waals surface area contributed by atoms with Crippen LogP contribution >= 0.6 is 17.0 Å². The van der Waals surface area contributed by atoms with Crippen molar-refractivity contribution in [3.63, 3.8) is 0 Å². The van der Waals surface area contributed by atoms with Crippen molar-refractivity contribution in [2.24, 2.45) is 0 Å². The van der Waals surface area contributed by atoms with E-state index in [1.807, 2.05) is 0 Å². The molecule has 1 aliphatic rings. The molecule has 1 heterocycles. The molecule has 0 N–H and O–H groups in total. The van der Waals surface area contributed by atoms with Crippen molar-refractivity contribution >= 4 is 22.8 Å². The fourth-order valence-electron chi connectivity index (χ4n) is 0.898. The highest BCUT2D eigenvalue weighted by Gasteiger charge is 2.18. The second-order valence-corrected chi connectivity index (χ2v) is 2.11. The molecule has 0 amide bonds. The van der Waals surface area contributed by atoms with Crippen LogP contribution in [0.1, 0.15) is 19.8 Å². The van der Waals surface area contributed by atoms with Crippen LogP contribution in [0.4, 0.5) is 0 Å². The van der Waals surface area contributed by atoms with Crippen molar-refractivity contribution in [1.29, 1.82) is 0 Å². The van der Waals surface area contributed by atoms with Crippen molar-refractivity contribution in [3.05, 3.63) is 0 Å². The monoisotopic (exact) mass is 194 g/mol. The summed E-state index contributed by atoms with van der Waals surface area (Å²) in [5, 5.41) is 0. The Bertz CT molecular complexity index is 97.2. The van der Waals surface area contributed by atoms with Crippen LogP contribution in [-0.2, 0) is 9.53 Å². The number of ketones is 1. The molecule has 1 rings (SSSR count). The van der Waals surface area contributed by atoms with Gasteiger partial charge in [0.25, 0.3) is 0 Å². The average Bonchev–Trinajstić information content (AvgIpc) is 2.12. The van der Waals surface area contributed by atoms with Gasteiger partial charge in [0.05, 0.1) is 0 Å². The van der Waals surface area contributed by atoms with Crippen molar-refractivity contribution in [2.45, 2.75) is 25.9 Å². The van der Waals surface area contributed by atoms with Crippen LogP contribution in [0.3, 0.4) is 0 Å². The second kappa shape index (κ2) is 4.01. The summed E-state index contributed by atoms with van der Waals surface area (Å²) < 4.78 is 5.06. The summed E-state index contributed by atoms with van der Waals surface area (Å²) in [5.41, 5.74) is 0. The maximum absolute atomic E-state index is 10.5. The molecule has 9 heavy (non-hydrogen) atoms. The lowest BCUT2D eigenvalue weighted by Crippen LogP contribution is -2.14. The maximum atomic E-state index is 10.5. The Morgan fingerprint density at radius 1 is 1.67 bits per heavy atom. The summed E-state index contributed by atoms with van der Waals surface area (Å²) in [6.07, 6.45) is 1.90. The SMILES string of the molecule is Br.CC(=O)[C@H]1CCCO1. The molecule has 3 heteroatoms. The molecule has 1 fully saturated rings. The number of hydrogen-bond acceptors (Lipinski definition) is 2. The van der Waals surface area contributed by atoms with Gasteiger partial charge in [0.1, 0.15) is 6.10 Å². The smallest absolute Gasteiger partial charge is 0.158 e. The van der Waals surface area contributed by atoms with E-state index in [1.54, 1.807) is 6.92 Å². The highest BCUT2D eigenvalue weighted by atomic mass is 79.9. The molecule has 2 nitrogen and oxygen atoms in total. The molecule has 0 aliphatic carbocycles. The Labute approximate surface area is 65.3 Å². The molecule has 54 valence electrons. The first-order valence-electron chi connectivity index (χ1n) is 2.93. The summed E-state index contributed by atoms with van der Waals surface area (Å²) in [5.74, 6) is 0.169. The highest BCUT2D eigenvalue weighted by Crippen LogP contribution is 2.11. The van der Waals surface area contributed by atoms with Gasteiger partial charge in [-0.25, -0.2) is 0 Å². The van der Waals surface area contributed by atoms with Gasteiger partial charge in [-0.05, 0) is 19.8 Å². The van der Waals surface area contributed by atoms with Crippen LogP contribution in [0.5, 0.6) is 0 Å². The molecular weight excluding hydrogens is 184 g/mol. The number of carbonyl (C=O) groups is 1. The lowest BCUT2D eigenvalue weighted by Gasteiger charge is -2.00. The molecule has 0 saturated carbocycles. The molecule has 0 unspecified atom stereocenters. The largest absolute Gasteiger partial charge is 0.370 e. The standard InChI is InChI=1S/C6H10O2.BrH/c1-5(7)6-3-2-4-8-6;/h6H,2-4H2,1H3;1H/t6-;/m1./s1. The summed E-state index contributed by atoms with van der Waals surface area (Å²) in [7, 11) is 0. The van der Waals surface area contributed by atoms with Gasteiger partial charge >= 0.3 is 0 Å². The Balaban J connectivity index is 0.000000640. The highest BCUT2D eigenvalue weighted by molar-refractivity contribution is 8.93. The van der Waals surface area contributed by atoms with Crippen LogP contribution in [0.25, 0.3) is 0 Å². The molecule has 0 aromatic rings. The zero-order valence-electron chi connectivity index (χ0n) is 5.42. The quantitative estimate of drug-likeness (QED) is 0.630. The van der Waals surface area contributed by atoms with Gasteiger partial charge in [-0.3, -0.25) is 4.79 Å². The van der Waals surface area contributed by atoms with E-state index in [2.05, 4.69) is 0 Å². The van der Waals surface area contributed by atoms with Crippen LogP contribution < -0.4 is 0 Å². The van der Waals surface area contributed by atoms with Crippen LogP contribution in [0, 0.1) is 0 Å². The number of rotatable bonds is 1. The van der Waals surface area contributed by atoms with Crippen LogP contribution in [0.2, 0.25) is 0 Å². The lowest BCUT2D eigenvalue weighted by molar-refractivity contribution is -0.125. The number of halogens is 1. The normalized spacial score (nSPS) is 25.2. The molecule has 0 aromatic carbocycles. The van der Waals surface area contributed by atoms with E-state index in [9.17, 15) is 4.79 Å². The minimum Gasteiger partial charge on any atom is -0.370 e. The van der Waals surface area contributed by atoms with Gasteiger partial charge in [0, 0.05) is 6.61 Å². The van der Waals surface area contributed by atoms with E-state index in [-0.39, 0.29) is 28.9 Å². The summed E-state index contributed by atoms with van der Waals surface area (Å²) >= 11 is 0. The number of carbonyl (C=O) groups excluding carboxylic acids is 1. The van der Waals surface area contributed by atoms with Crippen molar-refractivity contribution in [3.8, 4) is 0 Å². The average molecular weight is 195 g/mol. The van der Waals surface area contributed by atoms with E-state index in [4.69, 9.17) is 4.74 Å². The molecule has 0 aromatic heterocycles. The zero-order chi connectivity index (χ0) is 5.98. The van der Waals surface area contributed by atoms with Gasteiger partial charge in [0.15, 0.2) is 5.78 Å². The van der Waals surface area contributed by atoms with E-state index in [1.165, 1.54) is 0 Å². The van der Waals surface area contributed by atoms with Crippen molar-refractivity contribution in [2.75, 3.05) is 6.61 Å². The topological polar surface area (TPSA) is 26.3 Å². The van der Waals surface area contributed by atoms with E-state index >= 15 is 0 Å². The molecule has 1 saturated heterocycles.